The molecule has 2 heterocycles. The number of aromatic amines is 1. The fourth-order valence-electron chi connectivity index (χ4n) is 1.34. The number of ether oxygens (including phenoxy) is 1. The average molecular weight is 282 g/mol. The van der Waals surface area contributed by atoms with E-state index in [9.17, 15) is 4.79 Å². The number of methoxy groups -OCH3 is 1. The van der Waals surface area contributed by atoms with Gasteiger partial charge in [0, 0.05) is 12.4 Å². The lowest BCUT2D eigenvalue weighted by Crippen LogP contribution is -2.01. The zero-order valence-electron chi connectivity index (χ0n) is 9.71. The number of nitrogens with zero attached hydrogens (tertiary/aromatic N) is 3. The van der Waals surface area contributed by atoms with Crippen molar-refractivity contribution in [2.75, 3.05) is 13.4 Å². The van der Waals surface area contributed by atoms with Crippen LogP contribution in [0.5, 0.6) is 0 Å². The summed E-state index contributed by atoms with van der Waals surface area (Å²) in [6, 6.07) is 1.71. The molecule has 6 nitrogen and oxygen atoms in total. The molecule has 0 bridgehead atoms. The molecular formula is C10H10N4O2S2. The quantitative estimate of drug-likeness (QED) is 0.401. The van der Waals surface area contributed by atoms with Crippen molar-refractivity contribution >= 4 is 29.9 Å². The Labute approximate surface area is 112 Å². The van der Waals surface area contributed by atoms with Gasteiger partial charge in [0.1, 0.15) is 11.5 Å². The van der Waals surface area contributed by atoms with Crippen LogP contribution in [-0.4, -0.2) is 38.9 Å². The van der Waals surface area contributed by atoms with Crippen LogP contribution in [0.4, 0.5) is 0 Å². The molecule has 0 spiro atoms. The Hall–Kier alpha value is -1.67. The number of nitrogens with one attached hydrogen (secondary N) is 1. The zero-order chi connectivity index (χ0) is 13.1. The van der Waals surface area contributed by atoms with Gasteiger partial charge in [0.2, 0.25) is 0 Å². The molecule has 0 saturated heterocycles. The highest BCUT2D eigenvalue weighted by Gasteiger charge is 2.11. The van der Waals surface area contributed by atoms with Crippen LogP contribution in [0.15, 0.2) is 23.6 Å². The summed E-state index contributed by atoms with van der Waals surface area (Å²) < 4.78 is 6.59. The van der Waals surface area contributed by atoms with Crippen LogP contribution in [0.25, 0.3) is 5.82 Å². The minimum atomic E-state index is -0.473. The Bertz CT molecular complexity index is 635. The molecule has 0 aliphatic rings. The third-order valence-corrected chi connectivity index (χ3v) is 3.03. The van der Waals surface area contributed by atoms with E-state index in [4.69, 9.17) is 12.2 Å². The van der Waals surface area contributed by atoms with Crippen molar-refractivity contribution in [3.63, 3.8) is 0 Å². The van der Waals surface area contributed by atoms with Gasteiger partial charge in [-0.3, -0.25) is 4.57 Å². The summed E-state index contributed by atoms with van der Waals surface area (Å²) in [6.45, 7) is 0. The summed E-state index contributed by atoms with van der Waals surface area (Å²) in [5, 5.41) is 0.634. The number of esters is 1. The number of imidazole rings is 1. The van der Waals surface area contributed by atoms with Crippen molar-refractivity contribution < 1.29 is 9.53 Å². The SMILES string of the molecule is COC(=O)c1cn(-c2ccnc(SC)n2)c(=S)[nH]1. The summed E-state index contributed by atoms with van der Waals surface area (Å²) in [6.07, 6.45) is 5.08. The number of thioether (sulfide) groups is 1. The van der Waals surface area contributed by atoms with Gasteiger partial charge in [-0.25, -0.2) is 14.8 Å². The fraction of sp³-hybridized carbons (Fsp3) is 0.200. The molecule has 0 atom stereocenters. The van der Waals surface area contributed by atoms with Crippen molar-refractivity contribution in [1.82, 2.24) is 19.5 Å². The molecule has 2 aromatic heterocycles. The molecular weight excluding hydrogens is 272 g/mol. The Morgan fingerprint density at radius 3 is 3.06 bits per heavy atom. The lowest BCUT2D eigenvalue weighted by atomic mass is 10.5. The van der Waals surface area contributed by atoms with E-state index in [2.05, 4.69) is 19.7 Å². The highest BCUT2D eigenvalue weighted by atomic mass is 32.2. The van der Waals surface area contributed by atoms with E-state index in [0.717, 1.165) is 0 Å². The highest BCUT2D eigenvalue weighted by molar-refractivity contribution is 7.98. The lowest BCUT2D eigenvalue weighted by molar-refractivity contribution is 0.0594. The first-order valence-corrected chi connectivity index (χ1v) is 6.56. The van der Waals surface area contributed by atoms with E-state index in [0.29, 0.717) is 15.7 Å². The maximum atomic E-state index is 11.4. The second-order valence-corrected chi connectivity index (χ2v) is 4.40. The Balaban J connectivity index is 2.47. The smallest absolute Gasteiger partial charge is 0.356 e. The van der Waals surface area contributed by atoms with Crippen LogP contribution in [0.3, 0.4) is 0 Å². The van der Waals surface area contributed by atoms with Crippen LogP contribution >= 0.6 is 24.0 Å². The molecule has 2 aromatic rings. The molecule has 1 N–H and O–H groups in total. The van der Waals surface area contributed by atoms with Gasteiger partial charge in [0.25, 0.3) is 0 Å². The molecule has 0 radical (unpaired) electrons. The number of carbonyl (C=O) groups excluding carboxylic acids is 1. The molecule has 8 heteroatoms. The maximum Gasteiger partial charge on any atom is 0.356 e. The van der Waals surface area contributed by atoms with Crippen LogP contribution in [0.1, 0.15) is 10.5 Å². The summed E-state index contributed by atoms with van der Waals surface area (Å²) >= 11 is 6.56. The number of rotatable bonds is 3. The molecule has 0 amide bonds. The van der Waals surface area contributed by atoms with Crippen LogP contribution < -0.4 is 0 Å². The Morgan fingerprint density at radius 2 is 2.39 bits per heavy atom. The number of hydrogen-bond acceptors (Lipinski definition) is 6. The van der Waals surface area contributed by atoms with Crippen molar-refractivity contribution in [2.45, 2.75) is 5.16 Å². The first-order valence-electron chi connectivity index (χ1n) is 4.93. The van der Waals surface area contributed by atoms with Gasteiger partial charge in [-0.05, 0) is 24.5 Å². The molecule has 0 aliphatic carbocycles. The van der Waals surface area contributed by atoms with Gasteiger partial charge in [0.15, 0.2) is 9.93 Å². The first-order chi connectivity index (χ1) is 8.65. The van der Waals surface area contributed by atoms with Gasteiger partial charge in [-0.15, -0.1) is 0 Å². The average Bonchev–Trinajstić information content (AvgIpc) is 2.80. The molecule has 2 rings (SSSR count). The summed E-state index contributed by atoms with van der Waals surface area (Å²) in [4.78, 5) is 22.5. The number of aromatic nitrogens is 4. The molecule has 94 valence electrons. The van der Waals surface area contributed by atoms with E-state index in [-0.39, 0.29) is 5.69 Å². The molecule has 0 aromatic carbocycles. The van der Waals surface area contributed by atoms with Crippen molar-refractivity contribution in [3.05, 3.63) is 28.9 Å². The van der Waals surface area contributed by atoms with E-state index < -0.39 is 5.97 Å². The van der Waals surface area contributed by atoms with Gasteiger partial charge in [-0.1, -0.05) is 11.8 Å². The summed E-state index contributed by atoms with van der Waals surface area (Å²) in [5.41, 5.74) is 0.284. The van der Waals surface area contributed by atoms with E-state index in [1.165, 1.54) is 18.9 Å². The van der Waals surface area contributed by atoms with E-state index >= 15 is 0 Å². The standard InChI is InChI=1S/C10H10N4O2S2/c1-16-8(15)6-5-14(10(17)12-6)7-3-4-11-9(13-7)18-2/h3-5H,1-2H3,(H,12,17). The Morgan fingerprint density at radius 1 is 1.61 bits per heavy atom. The second kappa shape index (κ2) is 5.32. The van der Waals surface area contributed by atoms with Gasteiger partial charge in [0.05, 0.1) is 7.11 Å². The van der Waals surface area contributed by atoms with E-state index in [1.54, 1.807) is 23.0 Å². The van der Waals surface area contributed by atoms with Crippen molar-refractivity contribution in [1.29, 1.82) is 0 Å². The fourth-order valence-corrected chi connectivity index (χ4v) is 1.95. The van der Waals surface area contributed by atoms with Gasteiger partial charge >= 0.3 is 5.97 Å². The maximum absolute atomic E-state index is 11.4. The lowest BCUT2D eigenvalue weighted by Gasteiger charge is -2.01. The number of hydrogen-bond donors (Lipinski definition) is 1. The predicted molar refractivity (Wildman–Crippen MR) is 69.7 cm³/mol. The van der Waals surface area contributed by atoms with Gasteiger partial charge in [-0.2, -0.15) is 0 Å². The third kappa shape index (κ3) is 2.44. The number of carbonyl (C=O) groups is 1. The topological polar surface area (TPSA) is 72.8 Å². The van der Waals surface area contributed by atoms with E-state index in [1.807, 2.05) is 6.26 Å². The minimum absolute atomic E-state index is 0.284. The van der Waals surface area contributed by atoms with Crippen LogP contribution in [-0.2, 0) is 4.74 Å². The zero-order valence-corrected chi connectivity index (χ0v) is 11.3. The predicted octanol–water partition coefficient (Wildman–Crippen LogP) is 1.83. The first kappa shape index (κ1) is 12.8. The second-order valence-electron chi connectivity index (χ2n) is 3.24. The molecule has 0 fully saturated rings. The summed E-state index contributed by atoms with van der Waals surface area (Å²) in [7, 11) is 1.31. The molecule has 0 unspecified atom stereocenters. The molecule has 18 heavy (non-hydrogen) atoms. The molecule has 0 saturated carbocycles. The summed E-state index contributed by atoms with van der Waals surface area (Å²) in [5.74, 6) is 0.129. The highest BCUT2D eigenvalue weighted by Crippen LogP contribution is 2.12. The van der Waals surface area contributed by atoms with Crippen LogP contribution in [0.2, 0.25) is 0 Å². The van der Waals surface area contributed by atoms with Gasteiger partial charge < -0.3 is 9.72 Å². The normalized spacial score (nSPS) is 10.3. The van der Waals surface area contributed by atoms with Crippen molar-refractivity contribution in [3.8, 4) is 5.82 Å². The number of H-pyrrole nitrogens is 1. The third-order valence-electron chi connectivity index (χ3n) is 2.17. The minimum Gasteiger partial charge on any atom is -0.464 e. The van der Waals surface area contributed by atoms with Crippen molar-refractivity contribution in [2.24, 2.45) is 0 Å². The van der Waals surface area contributed by atoms with Crippen LogP contribution in [0, 0.1) is 4.77 Å². The monoisotopic (exact) mass is 282 g/mol. The molecule has 0 aliphatic heterocycles. The Kier molecular flexibility index (Phi) is 3.78. The largest absolute Gasteiger partial charge is 0.464 e.